The smallest absolute Gasteiger partial charge is 0.319 e. The fourth-order valence-corrected chi connectivity index (χ4v) is 1.78. The van der Waals surface area contributed by atoms with Crippen molar-refractivity contribution in [3.63, 3.8) is 0 Å². The molecule has 0 fully saturated rings. The van der Waals surface area contributed by atoms with E-state index in [-0.39, 0.29) is 11.8 Å². The zero-order valence-corrected chi connectivity index (χ0v) is 9.62. The van der Waals surface area contributed by atoms with Crippen LogP contribution in [0.4, 0.5) is 5.69 Å². The molecule has 3 aromatic rings. The number of hydrogen-bond acceptors (Lipinski definition) is 5. The molecule has 0 amide bonds. The van der Waals surface area contributed by atoms with Crippen LogP contribution in [-0.4, -0.2) is 20.4 Å². The van der Waals surface area contributed by atoms with Crippen LogP contribution in [0, 0.1) is 6.92 Å². The van der Waals surface area contributed by atoms with Gasteiger partial charge in [-0.2, -0.15) is 0 Å². The van der Waals surface area contributed by atoms with Crippen LogP contribution in [0.25, 0.3) is 11.0 Å². The first-order valence-electron chi connectivity index (χ1n) is 5.35. The summed E-state index contributed by atoms with van der Waals surface area (Å²) in [6, 6.07) is 5.27. The summed E-state index contributed by atoms with van der Waals surface area (Å²) in [6.45, 7) is 1.73. The van der Waals surface area contributed by atoms with Crippen molar-refractivity contribution in [1.82, 2.24) is 14.5 Å². The Labute approximate surface area is 102 Å². The molecule has 0 unspecified atom stereocenters. The van der Waals surface area contributed by atoms with Gasteiger partial charge in [0.1, 0.15) is 17.6 Å². The highest BCUT2D eigenvalue weighted by atomic mass is 16.4. The van der Waals surface area contributed by atoms with Crippen LogP contribution in [0.5, 0.6) is 0 Å². The van der Waals surface area contributed by atoms with Gasteiger partial charge in [0, 0.05) is 0 Å². The molecule has 0 saturated heterocycles. The van der Waals surface area contributed by atoms with Crippen LogP contribution in [0.3, 0.4) is 0 Å². The molecule has 6 nitrogen and oxygen atoms in total. The van der Waals surface area contributed by atoms with Crippen LogP contribution in [-0.2, 0) is 0 Å². The first-order chi connectivity index (χ1) is 8.66. The van der Waals surface area contributed by atoms with Gasteiger partial charge >= 0.3 is 5.91 Å². The number of aryl methyl sites for hydroxylation is 1. The van der Waals surface area contributed by atoms with Crippen LogP contribution >= 0.6 is 0 Å². The highest BCUT2D eigenvalue weighted by Crippen LogP contribution is 2.19. The predicted molar refractivity (Wildman–Crippen MR) is 65.1 cm³/mol. The average Bonchev–Trinajstić information content (AvgIpc) is 2.95. The zero-order chi connectivity index (χ0) is 12.7. The second kappa shape index (κ2) is 3.69. The Kier molecular flexibility index (Phi) is 2.16. The lowest BCUT2D eigenvalue weighted by Gasteiger charge is -1.99. The van der Waals surface area contributed by atoms with E-state index in [4.69, 9.17) is 10.2 Å². The van der Waals surface area contributed by atoms with Crippen molar-refractivity contribution >= 4 is 22.6 Å². The number of benzene rings is 1. The van der Waals surface area contributed by atoms with Crippen LogP contribution in [0.15, 0.2) is 35.1 Å². The van der Waals surface area contributed by atoms with E-state index in [9.17, 15) is 4.79 Å². The van der Waals surface area contributed by atoms with Crippen molar-refractivity contribution in [3.8, 4) is 0 Å². The van der Waals surface area contributed by atoms with Crippen molar-refractivity contribution in [2.45, 2.75) is 6.92 Å². The zero-order valence-electron chi connectivity index (χ0n) is 9.62. The van der Waals surface area contributed by atoms with E-state index in [0.717, 1.165) is 0 Å². The van der Waals surface area contributed by atoms with Gasteiger partial charge in [0.25, 0.3) is 5.89 Å². The van der Waals surface area contributed by atoms with Gasteiger partial charge in [-0.15, -0.1) is 0 Å². The van der Waals surface area contributed by atoms with E-state index in [0.29, 0.717) is 22.5 Å². The number of imidazole rings is 1. The number of carbonyl (C=O) groups excluding carboxylic acids is 1. The summed E-state index contributed by atoms with van der Waals surface area (Å²) in [6.07, 6.45) is 2.92. The van der Waals surface area contributed by atoms with E-state index in [1.807, 2.05) is 0 Å². The van der Waals surface area contributed by atoms with Crippen LogP contribution < -0.4 is 5.73 Å². The predicted octanol–water partition coefficient (Wildman–Crippen LogP) is 1.60. The number of anilines is 1. The van der Waals surface area contributed by atoms with Gasteiger partial charge in [-0.1, -0.05) is 6.07 Å². The Balaban J connectivity index is 2.15. The van der Waals surface area contributed by atoms with Crippen molar-refractivity contribution in [1.29, 1.82) is 0 Å². The standard InChI is InChI=1S/C12H10N4O2/c1-7-5-14-11(18-7)12(17)16-6-15-10-8(13)3-2-4-9(10)16/h2-6H,13H2,1H3. The molecule has 2 N–H and O–H groups in total. The lowest BCUT2D eigenvalue weighted by molar-refractivity contribution is 0.0929. The van der Waals surface area contributed by atoms with Crippen molar-refractivity contribution in [2.24, 2.45) is 0 Å². The molecule has 18 heavy (non-hydrogen) atoms. The molecule has 3 rings (SSSR count). The summed E-state index contributed by atoms with van der Waals surface area (Å²) in [5.74, 6) is 0.257. The third-order valence-corrected chi connectivity index (χ3v) is 2.63. The third kappa shape index (κ3) is 1.46. The van der Waals surface area contributed by atoms with Gasteiger partial charge < -0.3 is 10.2 Å². The van der Waals surface area contributed by atoms with Gasteiger partial charge in [-0.3, -0.25) is 9.36 Å². The van der Waals surface area contributed by atoms with Crippen LogP contribution in [0.1, 0.15) is 16.4 Å². The Bertz CT molecular complexity index is 741. The number of rotatable bonds is 1. The molecule has 0 aliphatic rings. The normalized spacial score (nSPS) is 10.9. The second-order valence-corrected chi connectivity index (χ2v) is 3.91. The molecule has 2 aromatic heterocycles. The average molecular weight is 242 g/mol. The SMILES string of the molecule is Cc1cnc(C(=O)n2cnc3c(N)cccc32)o1. The van der Waals surface area contributed by atoms with E-state index in [1.54, 1.807) is 25.1 Å². The first-order valence-corrected chi connectivity index (χ1v) is 5.35. The Hall–Kier alpha value is -2.63. The van der Waals surface area contributed by atoms with E-state index in [2.05, 4.69) is 9.97 Å². The van der Waals surface area contributed by atoms with Crippen molar-refractivity contribution in [2.75, 3.05) is 5.73 Å². The topological polar surface area (TPSA) is 86.9 Å². The Morgan fingerprint density at radius 1 is 1.39 bits per heavy atom. The highest BCUT2D eigenvalue weighted by molar-refractivity contribution is 6.00. The summed E-state index contributed by atoms with van der Waals surface area (Å²) in [5.41, 5.74) is 7.54. The summed E-state index contributed by atoms with van der Waals surface area (Å²) < 4.78 is 6.58. The molecule has 1 aromatic carbocycles. The molecule has 6 heteroatoms. The number of aromatic nitrogens is 3. The number of fused-ring (bicyclic) bond motifs is 1. The molecule has 0 radical (unpaired) electrons. The minimum Gasteiger partial charge on any atom is -0.438 e. The number of nitrogen functional groups attached to an aromatic ring is 1. The first kappa shape index (κ1) is 10.5. The lowest BCUT2D eigenvalue weighted by atomic mass is 10.3. The number of nitrogens with zero attached hydrogens (tertiary/aromatic N) is 3. The number of hydrogen-bond donors (Lipinski definition) is 1. The molecule has 2 heterocycles. The molecule has 0 bridgehead atoms. The van der Waals surface area contributed by atoms with Gasteiger partial charge in [-0.05, 0) is 19.1 Å². The molecule has 0 spiro atoms. The number of carbonyl (C=O) groups is 1. The van der Waals surface area contributed by atoms with Gasteiger partial charge in [0.2, 0.25) is 0 Å². The van der Waals surface area contributed by atoms with Gasteiger partial charge in [0.15, 0.2) is 0 Å². The molecule has 0 aliphatic heterocycles. The molecular weight excluding hydrogens is 232 g/mol. The maximum absolute atomic E-state index is 12.2. The van der Waals surface area contributed by atoms with Gasteiger partial charge in [0.05, 0.1) is 17.4 Å². The summed E-state index contributed by atoms with van der Waals surface area (Å²) >= 11 is 0. The number of para-hydroxylation sites is 1. The summed E-state index contributed by atoms with van der Waals surface area (Å²) in [4.78, 5) is 20.2. The fourth-order valence-electron chi connectivity index (χ4n) is 1.78. The molecule has 0 saturated carbocycles. The summed E-state index contributed by atoms with van der Waals surface area (Å²) in [7, 11) is 0. The Morgan fingerprint density at radius 3 is 2.94 bits per heavy atom. The minimum atomic E-state index is -0.365. The largest absolute Gasteiger partial charge is 0.438 e. The minimum absolute atomic E-state index is 0.0363. The lowest BCUT2D eigenvalue weighted by Crippen LogP contribution is -2.11. The monoisotopic (exact) mass is 242 g/mol. The molecule has 0 atom stereocenters. The molecule has 0 aliphatic carbocycles. The quantitative estimate of drug-likeness (QED) is 0.655. The van der Waals surface area contributed by atoms with Gasteiger partial charge in [-0.25, -0.2) is 9.97 Å². The summed E-state index contributed by atoms with van der Waals surface area (Å²) in [5, 5.41) is 0. The number of oxazole rings is 1. The van der Waals surface area contributed by atoms with Crippen molar-refractivity contribution < 1.29 is 9.21 Å². The maximum atomic E-state index is 12.2. The molecule has 90 valence electrons. The maximum Gasteiger partial charge on any atom is 0.319 e. The van der Waals surface area contributed by atoms with E-state index >= 15 is 0 Å². The fraction of sp³-hybridized carbons (Fsp3) is 0.0833. The third-order valence-electron chi connectivity index (χ3n) is 2.63. The molecular formula is C12H10N4O2. The van der Waals surface area contributed by atoms with Crippen molar-refractivity contribution in [3.05, 3.63) is 42.4 Å². The van der Waals surface area contributed by atoms with Crippen LogP contribution in [0.2, 0.25) is 0 Å². The second-order valence-electron chi connectivity index (χ2n) is 3.91. The number of nitrogens with two attached hydrogens (primary N) is 1. The highest BCUT2D eigenvalue weighted by Gasteiger charge is 2.17. The Morgan fingerprint density at radius 2 is 2.22 bits per heavy atom. The van der Waals surface area contributed by atoms with E-state index in [1.165, 1.54) is 17.1 Å². The van der Waals surface area contributed by atoms with E-state index < -0.39 is 0 Å².